The standard InChI is InChI=1S/C11H16BrClN4O/c1-4-17(5-2)9(18)7-16(3)10-8(12)6-14-11(13)15-10/h6H,4-5,7H2,1-3H3. The number of hydrogen-bond donors (Lipinski definition) is 0. The Hall–Kier alpha value is -0.880. The summed E-state index contributed by atoms with van der Waals surface area (Å²) in [5.74, 6) is 0.666. The maximum atomic E-state index is 12.0. The normalized spacial score (nSPS) is 10.3. The number of rotatable bonds is 5. The van der Waals surface area contributed by atoms with Crippen molar-refractivity contribution in [1.82, 2.24) is 14.9 Å². The third-order valence-electron chi connectivity index (χ3n) is 2.55. The van der Waals surface area contributed by atoms with Crippen molar-refractivity contribution in [3.63, 3.8) is 0 Å². The summed E-state index contributed by atoms with van der Waals surface area (Å²) in [7, 11) is 1.80. The molecule has 0 atom stereocenters. The van der Waals surface area contributed by atoms with Crippen molar-refractivity contribution in [3.05, 3.63) is 16.0 Å². The lowest BCUT2D eigenvalue weighted by atomic mass is 10.4. The summed E-state index contributed by atoms with van der Waals surface area (Å²) in [4.78, 5) is 23.5. The molecule has 1 heterocycles. The van der Waals surface area contributed by atoms with E-state index in [1.165, 1.54) is 0 Å². The maximum Gasteiger partial charge on any atom is 0.242 e. The van der Waals surface area contributed by atoms with Crippen LogP contribution in [0, 0.1) is 0 Å². The SMILES string of the molecule is CCN(CC)C(=O)CN(C)c1nc(Cl)ncc1Br. The smallest absolute Gasteiger partial charge is 0.242 e. The molecule has 7 heteroatoms. The molecule has 0 saturated carbocycles. The molecule has 1 aromatic heterocycles. The second kappa shape index (κ2) is 6.89. The van der Waals surface area contributed by atoms with Crippen LogP contribution >= 0.6 is 27.5 Å². The molecule has 0 aliphatic heterocycles. The van der Waals surface area contributed by atoms with Crippen LogP contribution in [0.3, 0.4) is 0 Å². The summed E-state index contributed by atoms with van der Waals surface area (Å²) >= 11 is 9.09. The molecule has 0 aliphatic carbocycles. The summed E-state index contributed by atoms with van der Waals surface area (Å²) in [5, 5.41) is 0.162. The first-order valence-corrected chi connectivity index (χ1v) is 6.83. The van der Waals surface area contributed by atoms with Gasteiger partial charge in [0.1, 0.15) is 5.82 Å². The molecule has 1 rings (SSSR count). The average molecular weight is 336 g/mol. The van der Waals surface area contributed by atoms with Gasteiger partial charge in [-0.3, -0.25) is 4.79 Å². The van der Waals surface area contributed by atoms with Gasteiger partial charge in [-0.2, -0.15) is 4.98 Å². The minimum absolute atomic E-state index is 0.0594. The molecule has 0 aliphatic rings. The van der Waals surface area contributed by atoms with Gasteiger partial charge in [0.05, 0.1) is 11.0 Å². The zero-order valence-electron chi connectivity index (χ0n) is 10.7. The highest BCUT2D eigenvalue weighted by Gasteiger charge is 2.16. The van der Waals surface area contributed by atoms with Crippen molar-refractivity contribution in [3.8, 4) is 0 Å². The van der Waals surface area contributed by atoms with Gasteiger partial charge < -0.3 is 9.80 Å². The van der Waals surface area contributed by atoms with Crippen molar-refractivity contribution in [2.45, 2.75) is 13.8 Å². The third kappa shape index (κ3) is 3.81. The highest BCUT2D eigenvalue weighted by Crippen LogP contribution is 2.23. The summed E-state index contributed by atoms with van der Waals surface area (Å²) < 4.78 is 0.710. The molecule has 0 saturated heterocycles. The van der Waals surface area contributed by atoms with E-state index in [0.717, 1.165) is 0 Å². The van der Waals surface area contributed by atoms with Crippen LogP contribution in [0.25, 0.3) is 0 Å². The van der Waals surface area contributed by atoms with Gasteiger partial charge >= 0.3 is 0 Å². The van der Waals surface area contributed by atoms with E-state index >= 15 is 0 Å². The summed E-state index contributed by atoms with van der Waals surface area (Å²) in [6.45, 7) is 5.58. The monoisotopic (exact) mass is 334 g/mol. The van der Waals surface area contributed by atoms with E-state index < -0.39 is 0 Å². The van der Waals surface area contributed by atoms with E-state index in [0.29, 0.717) is 23.4 Å². The lowest BCUT2D eigenvalue weighted by molar-refractivity contribution is -0.129. The molecular formula is C11H16BrClN4O. The number of aromatic nitrogens is 2. The fraction of sp³-hybridized carbons (Fsp3) is 0.545. The van der Waals surface area contributed by atoms with Crippen LogP contribution in [0.15, 0.2) is 10.7 Å². The van der Waals surface area contributed by atoms with Gasteiger partial charge in [0.15, 0.2) is 0 Å². The minimum Gasteiger partial charge on any atom is -0.349 e. The molecule has 5 nitrogen and oxygen atoms in total. The Labute approximate surface area is 120 Å². The summed E-state index contributed by atoms with van der Waals surface area (Å²) in [5.41, 5.74) is 0. The zero-order valence-corrected chi connectivity index (χ0v) is 13.0. The molecule has 0 bridgehead atoms. The molecule has 1 amide bonds. The van der Waals surface area contributed by atoms with Gasteiger partial charge in [0, 0.05) is 26.3 Å². The Balaban J connectivity index is 2.79. The summed E-state index contributed by atoms with van der Waals surface area (Å²) in [6.07, 6.45) is 1.57. The molecule has 0 N–H and O–H groups in total. The first-order valence-electron chi connectivity index (χ1n) is 5.66. The van der Waals surface area contributed by atoms with Crippen LogP contribution in [0.4, 0.5) is 5.82 Å². The van der Waals surface area contributed by atoms with E-state index in [9.17, 15) is 4.79 Å². The van der Waals surface area contributed by atoms with Gasteiger partial charge in [-0.05, 0) is 41.4 Å². The van der Waals surface area contributed by atoms with Gasteiger partial charge in [-0.25, -0.2) is 4.98 Å². The number of amides is 1. The second-order valence-electron chi connectivity index (χ2n) is 3.73. The van der Waals surface area contributed by atoms with Crippen molar-refractivity contribution >= 4 is 39.3 Å². The molecule has 0 aromatic carbocycles. The lowest BCUT2D eigenvalue weighted by Crippen LogP contribution is -2.39. The van der Waals surface area contributed by atoms with Crippen molar-refractivity contribution in [2.75, 3.05) is 31.6 Å². The average Bonchev–Trinajstić information content (AvgIpc) is 2.33. The largest absolute Gasteiger partial charge is 0.349 e. The minimum atomic E-state index is 0.0594. The quantitative estimate of drug-likeness (QED) is 0.774. The van der Waals surface area contributed by atoms with Gasteiger partial charge in [-0.1, -0.05) is 0 Å². The van der Waals surface area contributed by atoms with Gasteiger partial charge in [-0.15, -0.1) is 0 Å². The molecule has 100 valence electrons. The molecule has 0 radical (unpaired) electrons. The predicted molar refractivity (Wildman–Crippen MR) is 75.9 cm³/mol. The molecule has 0 fully saturated rings. The third-order valence-corrected chi connectivity index (χ3v) is 3.29. The van der Waals surface area contributed by atoms with Crippen molar-refractivity contribution in [1.29, 1.82) is 0 Å². The Bertz CT molecular complexity index is 426. The lowest BCUT2D eigenvalue weighted by Gasteiger charge is -2.24. The Morgan fingerprint density at radius 2 is 2.06 bits per heavy atom. The van der Waals surface area contributed by atoms with Crippen LogP contribution in [0.2, 0.25) is 5.28 Å². The highest BCUT2D eigenvalue weighted by molar-refractivity contribution is 9.10. The summed E-state index contributed by atoms with van der Waals surface area (Å²) in [6, 6.07) is 0. The Kier molecular flexibility index (Phi) is 5.81. The van der Waals surface area contributed by atoms with Gasteiger partial charge in [0.2, 0.25) is 11.2 Å². The number of hydrogen-bond acceptors (Lipinski definition) is 4. The molecule has 0 spiro atoms. The maximum absolute atomic E-state index is 12.0. The number of carbonyl (C=O) groups is 1. The number of likely N-dealkylation sites (N-methyl/N-ethyl adjacent to an activating group) is 2. The zero-order chi connectivity index (χ0) is 13.7. The molecule has 1 aromatic rings. The van der Waals surface area contributed by atoms with Crippen molar-refractivity contribution in [2.24, 2.45) is 0 Å². The molecule has 0 unspecified atom stereocenters. The fourth-order valence-corrected chi connectivity index (χ4v) is 2.18. The number of nitrogens with zero attached hydrogens (tertiary/aromatic N) is 4. The fourth-order valence-electron chi connectivity index (χ4n) is 1.56. The van der Waals surface area contributed by atoms with E-state index in [2.05, 4.69) is 25.9 Å². The Morgan fingerprint density at radius 1 is 1.44 bits per heavy atom. The molecular weight excluding hydrogens is 320 g/mol. The topological polar surface area (TPSA) is 49.3 Å². The first-order chi connectivity index (χ1) is 8.49. The predicted octanol–water partition coefficient (Wildman–Crippen LogP) is 2.20. The van der Waals surface area contributed by atoms with Crippen LogP contribution in [-0.4, -0.2) is 47.5 Å². The Morgan fingerprint density at radius 3 is 2.61 bits per heavy atom. The van der Waals surface area contributed by atoms with Gasteiger partial charge in [0.25, 0.3) is 0 Å². The van der Waals surface area contributed by atoms with Crippen LogP contribution in [-0.2, 0) is 4.79 Å². The van der Waals surface area contributed by atoms with Crippen LogP contribution < -0.4 is 4.90 Å². The number of halogens is 2. The number of anilines is 1. The van der Waals surface area contributed by atoms with E-state index in [1.807, 2.05) is 13.8 Å². The van der Waals surface area contributed by atoms with E-state index in [-0.39, 0.29) is 17.7 Å². The molecule has 18 heavy (non-hydrogen) atoms. The first kappa shape index (κ1) is 15.2. The van der Waals surface area contributed by atoms with Crippen LogP contribution in [0.5, 0.6) is 0 Å². The van der Waals surface area contributed by atoms with Crippen molar-refractivity contribution < 1.29 is 4.79 Å². The second-order valence-corrected chi connectivity index (χ2v) is 4.93. The van der Waals surface area contributed by atoms with Crippen LogP contribution in [0.1, 0.15) is 13.8 Å². The van der Waals surface area contributed by atoms with E-state index in [1.54, 1.807) is 23.0 Å². The highest BCUT2D eigenvalue weighted by atomic mass is 79.9. The van der Waals surface area contributed by atoms with E-state index in [4.69, 9.17) is 11.6 Å². The number of carbonyl (C=O) groups excluding carboxylic acids is 1.